The number of H-pyrrole nitrogens is 1. The van der Waals surface area contributed by atoms with Gasteiger partial charge >= 0.3 is 26.8 Å². The fourth-order valence-corrected chi connectivity index (χ4v) is 1.19. The molecule has 0 atom stereocenters. The predicted octanol–water partition coefficient (Wildman–Crippen LogP) is 1.40. The third-order valence-electron chi connectivity index (χ3n) is 1.65. The van der Waals surface area contributed by atoms with Crippen LogP contribution >= 0.6 is 11.8 Å². The standard InChI is InChI=1S/C4H6N2OS.C3H4N2O2.C3H3N2O.CH3.W/c1-3-5-6-4(7-3)8-2;1-2-4-5-3(6)7-2;1-3-5-4-2-6-3;;/h1-2H3;1H3,(H,5,6);1H3;1H3;/q;;2*-1;+2. The summed E-state index contributed by atoms with van der Waals surface area (Å²) in [5.41, 5.74) is 0. The van der Waals surface area contributed by atoms with Crippen LogP contribution in [0.4, 0.5) is 0 Å². The number of aryl methyl sites for hydroxylation is 3. The Balaban J connectivity index is 0. The molecule has 0 aliphatic carbocycles. The van der Waals surface area contributed by atoms with E-state index < -0.39 is 5.76 Å². The van der Waals surface area contributed by atoms with Crippen LogP contribution in [0.2, 0.25) is 0 Å². The SMILES string of the molecule is CSc1nnc(C)o1.Cc1n[nH]c(=O)o1.Cc1nn[c-]o1.[CH3-].[W+2]. The van der Waals surface area contributed by atoms with Crippen molar-refractivity contribution in [2.75, 3.05) is 6.26 Å². The van der Waals surface area contributed by atoms with Gasteiger partial charge in [-0.05, 0) is 6.26 Å². The molecule has 0 saturated carbocycles. The molecule has 0 saturated heterocycles. The minimum atomic E-state index is -0.502. The van der Waals surface area contributed by atoms with E-state index in [2.05, 4.69) is 45.8 Å². The van der Waals surface area contributed by atoms with Gasteiger partial charge in [0.05, 0.1) is 12.3 Å². The van der Waals surface area contributed by atoms with Crippen molar-refractivity contribution in [3.63, 3.8) is 0 Å². The average Bonchev–Trinajstić information content (AvgIpc) is 3.16. The van der Waals surface area contributed by atoms with Gasteiger partial charge in [-0.1, -0.05) is 18.7 Å². The van der Waals surface area contributed by atoms with Crippen LogP contribution in [0.3, 0.4) is 0 Å². The van der Waals surface area contributed by atoms with Crippen LogP contribution in [0.15, 0.2) is 23.3 Å². The number of thioether (sulfide) groups is 1. The number of hydrogen-bond acceptors (Lipinski definition) is 10. The summed E-state index contributed by atoms with van der Waals surface area (Å²) in [5, 5.41) is 20.2. The van der Waals surface area contributed by atoms with Gasteiger partial charge in [-0.15, -0.1) is 15.3 Å². The second-order valence-corrected chi connectivity index (χ2v) is 4.09. The Hall–Kier alpha value is -1.74. The quantitative estimate of drug-likeness (QED) is 0.376. The van der Waals surface area contributed by atoms with E-state index in [4.69, 9.17) is 4.42 Å². The second-order valence-electron chi connectivity index (χ2n) is 3.34. The molecular formula is C11H16N6O4SW. The molecule has 3 aromatic rings. The van der Waals surface area contributed by atoms with Gasteiger partial charge < -0.3 is 20.7 Å². The van der Waals surface area contributed by atoms with Crippen molar-refractivity contribution in [3.05, 3.63) is 42.0 Å². The first-order valence-electron chi connectivity index (χ1n) is 5.53. The maximum Gasteiger partial charge on any atom is 2.00 e. The fraction of sp³-hybridized carbons (Fsp3) is 0.364. The largest absolute Gasteiger partial charge is 2.00 e. The molecule has 0 aliphatic heterocycles. The Bertz CT molecular complexity index is 681. The van der Waals surface area contributed by atoms with E-state index in [1.54, 1.807) is 20.8 Å². The number of nitrogens with one attached hydrogen (secondary N) is 1. The summed E-state index contributed by atoms with van der Waals surface area (Å²) in [7, 11) is 0. The van der Waals surface area contributed by atoms with Gasteiger partial charge in [-0.25, -0.2) is 20.1 Å². The number of nitrogens with zero attached hydrogens (tertiary/aromatic N) is 5. The molecule has 0 fully saturated rings. The van der Waals surface area contributed by atoms with Gasteiger partial charge in [0, 0.05) is 13.8 Å². The fourth-order valence-electron chi connectivity index (χ4n) is 0.863. The molecule has 1 N–H and O–H groups in total. The van der Waals surface area contributed by atoms with Gasteiger partial charge in [0.2, 0.25) is 11.8 Å². The van der Waals surface area contributed by atoms with Crippen LogP contribution in [0, 0.1) is 34.6 Å². The molecule has 0 aromatic carbocycles. The van der Waals surface area contributed by atoms with Crippen LogP contribution < -0.4 is 5.76 Å². The Morgan fingerprint density at radius 2 is 1.74 bits per heavy atom. The minimum Gasteiger partial charge on any atom is -0.613 e. The van der Waals surface area contributed by atoms with Crippen LogP contribution in [-0.4, -0.2) is 36.8 Å². The molecule has 3 aromatic heterocycles. The summed E-state index contributed by atoms with van der Waals surface area (Å²) in [4.78, 5) is 10.0. The van der Waals surface area contributed by atoms with E-state index in [0.29, 0.717) is 22.9 Å². The summed E-state index contributed by atoms with van der Waals surface area (Å²) in [6.45, 7) is 5.08. The molecule has 0 aliphatic rings. The van der Waals surface area contributed by atoms with Gasteiger partial charge in [0.25, 0.3) is 5.22 Å². The van der Waals surface area contributed by atoms with Gasteiger partial charge in [-0.3, -0.25) is 0 Å². The maximum atomic E-state index is 10.0. The van der Waals surface area contributed by atoms with Crippen LogP contribution in [-0.2, 0) is 21.1 Å². The summed E-state index contributed by atoms with van der Waals surface area (Å²) >= 11 is 1.45. The first-order chi connectivity index (χ1) is 10.0. The Morgan fingerprint density at radius 1 is 1.04 bits per heavy atom. The zero-order valence-corrected chi connectivity index (χ0v) is 16.9. The number of hydrogen-bond donors (Lipinski definition) is 1. The smallest absolute Gasteiger partial charge is 0.613 e. The van der Waals surface area contributed by atoms with Crippen molar-refractivity contribution >= 4 is 11.8 Å². The number of rotatable bonds is 1. The normalized spacial score (nSPS) is 8.52. The van der Waals surface area contributed by atoms with Crippen molar-refractivity contribution in [1.29, 1.82) is 0 Å². The summed E-state index contributed by atoms with van der Waals surface area (Å²) in [6.07, 6.45) is 4.09. The molecule has 0 amide bonds. The van der Waals surface area contributed by atoms with Crippen molar-refractivity contribution in [3.8, 4) is 0 Å². The predicted molar refractivity (Wildman–Crippen MR) is 77.0 cm³/mol. The van der Waals surface area contributed by atoms with E-state index >= 15 is 0 Å². The van der Waals surface area contributed by atoms with Gasteiger partial charge in [-0.2, -0.15) is 0 Å². The number of aromatic amines is 1. The van der Waals surface area contributed by atoms with E-state index in [-0.39, 0.29) is 28.5 Å². The Morgan fingerprint density at radius 3 is 1.91 bits per heavy atom. The molecule has 0 unspecified atom stereocenters. The Labute approximate surface area is 151 Å². The monoisotopic (exact) mass is 512 g/mol. The van der Waals surface area contributed by atoms with Crippen LogP contribution in [0.25, 0.3) is 0 Å². The van der Waals surface area contributed by atoms with Crippen LogP contribution in [0.1, 0.15) is 17.7 Å². The Kier molecular flexibility index (Phi) is 13.1. The van der Waals surface area contributed by atoms with Gasteiger partial charge in [0.1, 0.15) is 0 Å². The van der Waals surface area contributed by atoms with Crippen LogP contribution in [0.5, 0.6) is 0 Å². The van der Waals surface area contributed by atoms with E-state index in [1.165, 1.54) is 11.8 Å². The van der Waals surface area contributed by atoms with Crippen molar-refractivity contribution in [1.82, 2.24) is 30.6 Å². The molecule has 0 bridgehead atoms. The molecule has 3 rings (SSSR count). The zero-order valence-electron chi connectivity index (χ0n) is 13.2. The molecule has 12 heteroatoms. The van der Waals surface area contributed by atoms with Crippen molar-refractivity contribution < 1.29 is 34.3 Å². The van der Waals surface area contributed by atoms with E-state index in [1.807, 2.05) is 6.26 Å². The first kappa shape index (κ1) is 23.5. The second kappa shape index (κ2) is 12.8. The van der Waals surface area contributed by atoms with Gasteiger partial charge in [0.15, 0.2) is 0 Å². The van der Waals surface area contributed by atoms with E-state index in [0.717, 1.165) is 0 Å². The average molecular weight is 512 g/mol. The maximum absolute atomic E-state index is 10.0. The first-order valence-corrected chi connectivity index (χ1v) is 6.76. The molecule has 126 valence electrons. The minimum absolute atomic E-state index is 0. The molecular weight excluding hydrogens is 496 g/mol. The molecule has 0 radical (unpaired) electrons. The topological polar surface area (TPSA) is 137 Å². The molecule has 10 nitrogen and oxygen atoms in total. The van der Waals surface area contributed by atoms with Crippen molar-refractivity contribution in [2.45, 2.75) is 26.0 Å². The third kappa shape index (κ3) is 10.6. The zero-order chi connectivity index (χ0) is 15.7. The third-order valence-corrected chi connectivity index (χ3v) is 2.17. The van der Waals surface area contributed by atoms with E-state index in [9.17, 15) is 4.79 Å². The molecule has 0 spiro atoms. The molecule has 3 heterocycles. The number of aromatic nitrogens is 6. The summed E-state index contributed by atoms with van der Waals surface area (Å²) in [6, 6.07) is 0. The summed E-state index contributed by atoms with van der Waals surface area (Å²) < 4.78 is 13.8. The van der Waals surface area contributed by atoms with Crippen molar-refractivity contribution in [2.24, 2.45) is 0 Å². The summed E-state index contributed by atoms with van der Waals surface area (Å²) in [5.74, 6) is 1.03. The molecule has 23 heavy (non-hydrogen) atoms.